The smallest absolute Gasteiger partial charge is 0.157 e. The van der Waals surface area contributed by atoms with E-state index < -0.39 is 0 Å². The van der Waals surface area contributed by atoms with E-state index in [1.165, 1.54) is 11.6 Å². The molecule has 2 aromatic rings. The van der Waals surface area contributed by atoms with E-state index in [1.54, 1.807) is 24.3 Å². The molecule has 2 rings (SSSR count). The Morgan fingerprint density at radius 1 is 0.789 bits per heavy atom. The molecule has 0 atom stereocenters. The molecule has 0 bridgehead atoms. The Morgan fingerprint density at radius 3 is 2.16 bits per heavy atom. The van der Waals surface area contributed by atoms with Crippen molar-refractivity contribution in [2.45, 2.75) is 13.0 Å². The summed E-state index contributed by atoms with van der Waals surface area (Å²) in [4.78, 5) is 0. The van der Waals surface area contributed by atoms with Gasteiger partial charge in [0.2, 0.25) is 0 Å². The number of phenols is 3. The van der Waals surface area contributed by atoms with Gasteiger partial charge in [-0.15, -0.1) is 0 Å². The lowest BCUT2D eigenvalue weighted by atomic mass is 10.1. The van der Waals surface area contributed by atoms with E-state index in [4.69, 9.17) is 0 Å². The van der Waals surface area contributed by atoms with Gasteiger partial charge in [-0.05, 0) is 35.9 Å². The lowest BCUT2D eigenvalue weighted by molar-refractivity contribution is -0.670. The highest BCUT2D eigenvalue weighted by Gasteiger charge is 2.02. The molecular formula is C15H18NO3+. The van der Waals surface area contributed by atoms with Gasteiger partial charge >= 0.3 is 0 Å². The molecule has 4 heteroatoms. The summed E-state index contributed by atoms with van der Waals surface area (Å²) in [7, 11) is 0. The fraction of sp³-hybridized carbons (Fsp3) is 0.200. The first kappa shape index (κ1) is 13.2. The highest BCUT2D eigenvalue weighted by atomic mass is 16.3. The third kappa shape index (κ3) is 3.89. The second kappa shape index (κ2) is 6.11. The fourth-order valence-corrected chi connectivity index (χ4v) is 1.90. The van der Waals surface area contributed by atoms with Gasteiger partial charge in [-0.25, -0.2) is 0 Å². The molecule has 0 fully saturated rings. The van der Waals surface area contributed by atoms with Gasteiger partial charge in [0, 0.05) is 12.0 Å². The topological polar surface area (TPSA) is 77.3 Å². The summed E-state index contributed by atoms with van der Waals surface area (Å²) in [5.41, 5.74) is 2.16. The van der Waals surface area contributed by atoms with Crippen LogP contribution in [0.5, 0.6) is 17.2 Å². The average Bonchev–Trinajstić information content (AvgIpc) is 2.41. The molecule has 0 saturated carbocycles. The Hall–Kier alpha value is -2.20. The van der Waals surface area contributed by atoms with Crippen molar-refractivity contribution in [3.8, 4) is 17.2 Å². The second-order valence-corrected chi connectivity index (χ2v) is 4.52. The first-order valence-electron chi connectivity index (χ1n) is 6.25. The Balaban J connectivity index is 1.77. The molecule has 4 nitrogen and oxygen atoms in total. The third-order valence-electron chi connectivity index (χ3n) is 2.99. The van der Waals surface area contributed by atoms with Crippen LogP contribution < -0.4 is 5.32 Å². The highest BCUT2D eigenvalue weighted by Crippen LogP contribution is 2.24. The van der Waals surface area contributed by atoms with Gasteiger partial charge < -0.3 is 20.6 Å². The summed E-state index contributed by atoms with van der Waals surface area (Å²) in [6.07, 6.45) is 0.921. The molecule has 19 heavy (non-hydrogen) atoms. The summed E-state index contributed by atoms with van der Waals surface area (Å²) in [6.45, 7) is 1.68. The Bertz CT molecular complexity index is 538. The van der Waals surface area contributed by atoms with Crippen molar-refractivity contribution in [3.63, 3.8) is 0 Å². The van der Waals surface area contributed by atoms with Gasteiger partial charge in [0.1, 0.15) is 12.3 Å². The number of aromatic hydroxyl groups is 3. The lowest BCUT2D eigenvalue weighted by Gasteiger charge is -2.04. The molecule has 0 heterocycles. The molecule has 0 spiro atoms. The van der Waals surface area contributed by atoms with E-state index in [-0.39, 0.29) is 17.2 Å². The second-order valence-electron chi connectivity index (χ2n) is 4.52. The summed E-state index contributed by atoms with van der Waals surface area (Å²) < 4.78 is 0. The number of benzene rings is 2. The van der Waals surface area contributed by atoms with E-state index >= 15 is 0 Å². The average molecular weight is 260 g/mol. The summed E-state index contributed by atoms with van der Waals surface area (Å²) in [5.74, 6) is 0.115. The van der Waals surface area contributed by atoms with Crippen LogP contribution in [0.2, 0.25) is 0 Å². The fourth-order valence-electron chi connectivity index (χ4n) is 1.90. The van der Waals surface area contributed by atoms with E-state index in [0.717, 1.165) is 25.1 Å². The van der Waals surface area contributed by atoms with Gasteiger partial charge in [0.15, 0.2) is 11.5 Å². The van der Waals surface area contributed by atoms with Gasteiger partial charge in [-0.1, -0.05) is 12.1 Å². The number of phenolic OH excluding ortho intramolecular Hbond substituents is 3. The molecule has 0 amide bonds. The molecule has 100 valence electrons. The zero-order valence-electron chi connectivity index (χ0n) is 10.6. The molecule has 0 aliphatic heterocycles. The van der Waals surface area contributed by atoms with Crippen molar-refractivity contribution in [1.29, 1.82) is 0 Å². The van der Waals surface area contributed by atoms with Crippen molar-refractivity contribution < 1.29 is 20.6 Å². The largest absolute Gasteiger partial charge is 0.508 e. The number of nitrogens with two attached hydrogens (primary N) is 1. The van der Waals surface area contributed by atoms with Crippen LogP contribution in [0.25, 0.3) is 0 Å². The van der Waals surface area contributed by atoms with Crippen molar-refractivity contribution in [3.05, 3.63) is 53.6 Å². The van der Waals surface area contributed by atoms with E-state index in [2.05, 4.69) is 5.32 Å². The Labute approximate surface area is 112 Å². The maximum Gasteiger partial charge on any atom is 0.157 e. The SMILES string of the molecule is Oc1ccc(CC[NH2+]Cc2ccc(O)c(O)c2)cc1. The predicted octanol–water partition coefficient (Wildman–Crippen LogP) is 1.11. The highest BCUT2D eigenvalue weighted by molar-refractivity contribution is 5.40. The van der Waals surface area contributed by atoms with E-state index in [9.17, 15) is 15.3 Å². The van der Waals surface area contributed by atoms with Crippen LogP contribution in [0.15, 0.2) is 42.5 Å². The third-order valence-corrected chi connectivity index (χ3v) is 2.99. The monoisotopic (exact) mass is 260 g/mol. The van der Waals surface area contributed by atoms with Gasteiger partial charge in [0.05, 0.1) is 6.54 Å². The summed E-state index contributed by atoms with van der Waals surface area (Å²) in [6, 6.07) is 12.1. The minimum atomic E-state index is -0.0900. The van der Waals surface area contributed by atoms with Crippen molar-refractivity contribution in [2.24, 2.45) is 0 Å². The number of quaternary nitrogens is 1. The van der Waals surface area contributed by atoms with Crippen LogP contribution >= 0.6 is 0 Å². The molecular weight excluding hydrogens is 242 g/mol. The zero-order chi connectivity index (χ0) is 13.7. The predicted molar refractivity (Wildman–Crippen MR) is 72.1 cm³/mol. The molecule has 5 N–H and O–H groups in total. The van der Waals surface area contributed by atoms with Crippen LogP contribution in [0.4, 0.5) is 0 Å². The minimum absolute atomic E-state index is 0.0792. The van der Waals surface area contributed by atoms with Crippen LogP contribution in [0.3, 0.4) is 0 Å². The van der Waals surface area contributed by atoms with Crippen molar-refractivity contribution >= 4 is 0 Å². The molecule has 0 aliphatic carbocycles. The molecule has 0 aliphatic rings. The van der Waals surface area contributed by atoms with Crippen LogP contribution in [0.1, 0.15) is 11.1 Å². The maximum absolute atomic E-state index is 9.37. The van der Waals surface area contributed by atoms with Crippen LogP contribution in [-0.4, -0.2) is 21.9 Å². The standard InChI is InChI=1S/C15H17NO3/c17-13-4-1-11(2-5-13)7-8-16-10-12-3-6-14(18)15(19)9-12/h1-6,9,16-19H,7-8,10H2/p+1. The maximum atomic E-state index is 9.37. The Morgan fingerprint density at radius 2 is 1.47 bits per heavy atom. The van der Waals surface area contributed by atoms with Crippen molar-refractivity contribution in [2.75, 3.05) is 6.54 Å². The number of hydrogen-bond acceptors (Lipinski definition) is 3. The zero-order valence-corrected chi connectivity index (χ0v) is 10.6. The molecule has 0 radical (unpaired) electrons. The summed E-state index contributed by atoms with van der Waals surface area (Å²) in [5, 5.41) is 29.9. The van der Waals surface area contributed by atoms with Gasteiger partial charge in [0.25, 0.3) is 0 Å². The normalized spacial score (nSPS) is 10.5. The van der Waals surface area contributed by atoms with Gasteiger partial charge in [-0.2, -0.15) is 0 Å². The molecule has 2 aromatic carbocycles. The minimum Gasteiger partial charge on any atom is -0.508 e. The molecule has 0 saturated heterocycles. The number of hydrogen-bond donors (Lipinski definition) is 4. The van der Waals surface area contributed by atoms with Crippen LogP contribution in [-0.2, 0) is 13.0 Å². The number of rotatable bonds is 5. The quantitative estimate of drug-likeness (QED) is 0.480. The first-order chi connectivity index (χ1) is 9.15. The summed E-state index contributed by atoms with van der Waals surface area (Å²) >= 11 is 0. The Kier molecular flexibility index (Phi) is 4.26. The molecule has 0 unspecified atom stereocenters. The van der Waals surface area contributed by atoms with Crippen LogP contribution in [0, 0.1) is 0 Å². The van der Waals surface area contributed by atoms with Crippen molar-refractivity contribution in [1.82, 2.24) is 0 Å². The van der Waals surface area contributed by atoms with Gasteiger partial charge in [-0.3, -0.25) is 0 Å². The van der Waals surface area contributed by atoms with E-state index in [1.807, 2.05) is 12.1 Å². The lowest BCUT2D eigenvalue weighted by Crippen LogP contribution is -2.83. The van der Waals surface area contributed by atoms with E-state index in [0.29, 0.717) is 0 Å². The first-order valence-corrected chi connectivity index (χ1v) is 6.25. The molecule has 0 aromatic heterocycles.